The first-order valence-electron chi connectivity index (χ1n) is 5.38. The van der Waals surface area contributed by atoms with Crippen LogP contribution in [0.15, 0.2) is 46.0 Å². The van der Waals surface area contributed by atoms with Crippen LogP contribution in [-0.4, -0.2) is 13.4 Å². The third-order valence-corrected chi connectivity index (χ3v) is 4.48. The number of anilines is 2. The molecule has 0 aliphatic heterocycles. The molecule has 100 valence electrons. The molecule has 7 heteroatoms. The van der Waals surface area contributed by atoms with Crippen LogP contribution >= 0.6 is 15.9 Å². The van der Waals surface area contributed by atoms with E-state index in [9.17, 15) is 8.42 Å². The number of nitrogen functional groups attached to an aromatic ring is 1. The summed E-state index contributed by atoms with van der Waals surface area (Å²) in [7, 11) is -3.72. The van der Waals surface area contributed by atoms with Gasteiger partial charge in [-0.15, -0.1) is 0 Å². The van der Waals surface area contributed by atoms with Gasteiger partial charge in [-0.25, -0.2) is 8.42 Å². The van der Waals surface area contributed by atoms with E-state index in [4.69, 9.17) is 5.73 Å². The second-order valence-electron chi connectivity index (χ2n) is 3.98. The summed E-state index contributed by atoms with van der Waals surface area (Å²) >= 11 is 3.24. The molecule has 0 radical (unpaired) electrons. The standard InChI is InChI=1S/C12H12BrN3O2S/c1-8-4-5-15-7-11(8)16-19(17,18)12-3-2-9(13)6-10(12)14/h2-7,16H,14H2,1H3. The fourth-order valence-electron chi connectivity index (χ4n) is 1.53. The fraction of sp³-hybridized carbons (Fsp3) is 0.0833. The molecule has 0 aliphatic rings. The highest BCUT2D eigenvalue weighted by Gasteiger charge is 2.18. The lowest BCUT2D eigenvalue weighted by molar-refractivity contribution is 0.601. The first-order chi connectivity index (χ1) is 8.90. The fourth-order valence-corrected chi connectivity index (χ4v) is 3.14. The number of halogens is 1. The summed E-state index contributed by atoms with van der Waals surface area (Å²) in [6.07, 6.45) is 3.06. The predicted molar refractivity (Wildman–Crippen MR) is 78.3 cm³/mol. The zero-order valence-electron chi connectivity index (χ0n) is 10.1. The number of nitrogens with zero attached hydrogens (tertiary/aromatic N) is 1. The van der Waals surface area contributed by atoms with Gasteiger partial charge in [-0.1, -0.05) is 15.9 Å². The lowest BCUT2D eigenvalue weighted by atomic mass is 10.3. The van der Waals surface area contributed by atoms with E-state index in [1.165, 1.54) is 12.3 Å². The van der Waals surface area contributed by atoms with Crippen LogP contribution in [0.3, 0.4) is 0 Å². The van der Waals surface area contributed by atoms with Gasteiger partial charge in [0.25, 0.3) is 10.0 Å². The van der Waals surface area contributed by atoms with Crippen LogP contribution in [0.25, 0.3) is 0 Å². The van der Waals surface area contributed by atoms with Crippen molar-refractivity contribution < 1.29 is 8.42 Å². The number of nitrogens with two attached hydrogens (primary N) is 1. The molecule has 0 bridgehead atoms. The zero-order valence-corrected chi connectivity index (χ0v) is 12.5. The third kappa shape index (κ3) is 3.05. The van der Waals surface area contributed by atoms with Gasteiger partial charge in [0.05, 0.1) is 17.6 Å². The largest absolute Gasteiger partial charge is 0.398 e. The molecule has 2 rings (SSSR count). The summed E-state index contributed by atoms with van der Waals surface area (Å²) in [4.78, 5) is 3.93. The number of benzene rings is 1. The predicted octanol–water partition coefficient (Wildman–Crippen LogP) is 2.54. The Morgan fingerprint density at radius 2 is 2.05 bits per heavy atom. The van der Waals surface area contributed by atoms with Crippen LogP contribution in [0, 0.1) is 6.92 Å². The minimum atomic E-state index is -3.72. The second-order valence-corrected chi connectivity index (χ2v) is 6.54. The van der Waals surface area contributed by atoms with E-state index in [1.54, 1.807) is 31.3 Å². The number of sulfonamides is 1. The van der Waals surface area contributed by atoms with Crippen molar-refractivity contribution in [3.8, 4) is 0 Å². The van der Waals surface area contributed by atoms with Gasteiger partial charge >= 0.3 is 0 Å². The van der Waals surface area contributed by atoms with Crippen LogP contribution in [-0.2, 0) is 10.0 Å². The van der Waals surface area contributed by atoms with Crippen LogP contribution in [0.4, 0.5) is 11.4 Å². The molecule has 1 aromatic heterocycles. The average molecular weight is 342 g/mol. The first kappa shape index (κ1) is 13.8. The Morgan fingerprint density at radius 1 is 1.32 bits per heavy atom. The smallest absolute Gasteiger partial charge is 0.264 e. The van der Waals surface area contributed by atoms with Gasteiger partial charge in [0, 0.05) is 10.7 Å². The van der Waals surface area contributed by atoms with Crippen molar-refractivity contribution in [1.82, 2.24) is 4.98 Å². The minimum Gasteiger partial charge on any atom is -0.398 e. The van der Waals surface area contributed by atoms with E-state index in [0.717, 1.165) is 10.0 Å². The zero-order chi connectivity index (χ0) is 14.0. The van der Waals surface area contributed by atoms with Gasteiger partial charge in [-0.05, 0) is 36.8 Å². The summed E-state index contributed by atoms with van der Waals surface area (Å²) in [5.41, 5.74) is 7.14. The minimum absolute atomic E-state index is 0.0407. The second kappa shape index (κ2) is 5.18. The number of aromatic nitrogens is 1. The molecule has 0 aliphatic carbocycles. The molecular formula is C12H12BrN3O2S. The normalized spacial score (nSPS) is 11.3. The van der Waals surface area contributed by atoms with Crippen molar-refractivity contribution in [2.45, 2.75) is 11.8 Å². The molecule has 19 heavy (non-hydrogen) atoms. The molecule has 0 atom stereocenters. The van der Waals surface area contributed by atoms with Gasteiger partial charge in [-0.2, -0.15) is 0 Å². The third-order valence-electron chi connectivity index (χ3n) is 2.54. The van der Waals surface area contributed by atoms with Crippen molar-refractivity contribution in [1.29, 1.82) is 0 Å². The van der Waals surface area contributed by atoms with E-state index in [-0.39, 0.29) is 10.6 Å². The maximum atomic E-state index is 12.3. The molecule has 0 saturated heterocycles. The number of hydrogen-bond acceptors (Lipinski definition) is 4. The maximum Gasteiger partial charge on any atom is 0.264 e. The van der Waals surface area contributed by atoms with Crippen LogP contribution in [0.1, 0.15) is 5.56 Å². The van der Waals surface area contributed by atoms with Gasteiger partial charge < -0.3 is 5.73 Å². The Morgan fingerprint density at radius 3 is 2.68 bits per heavy atom. The topological polar surface area (TPSA) is 85.1 Å². The Balaban J connectivity index is 2.41. The highest BCUT2D eigenvalue weighted by atomic mass is 79.9. The van der Waals surface area contributed by atoms with E-state index in [2.05, 4.69) is 25.6 Å². The van der Waals surface area contributed by atoms with Crippen molar-refractivity contribution in [3.05, 3.63) is 46.7 Å². The molecule has 1 aromatic carbocycles. The highest BCUT2D eigenvalue weighted by molar-refractivity contribution is 9.10. The van der Waals surface area contributed by atoms with E-state index >= 15 is 0 Å². The Kier molecular flexibility index (Phi) is 3.77. The van der Waals surface area contributed by atoms with Crippen LogP contribution < -0.4 is 10.5 Å². The van der Waals surface area contributed by atoms with Crippen molar-refractivity contribution >= 4 is 37.3 Å². The number of aryl methyl sites for hydroxylation is 1. The number of pyridine rings is 1. The number of hydrogen-bond donors (Lipinski definition) is 2. The molecule has 0 spiro atoms. The molecule has 0 fully saturated rings. The van der Waals surface area contributed by atoms with E-state index < -0.39 is 10.0 Å². The Hall–Kier alpha value is -1.60. The molecule has 1 heterocycles. The van der Waals surface area contributed by atoms with Crippen molar-refractivity contribution in [2.24, 2.45) is 0 Å². The van der Waals surface area contributed by atoms with Crippen LogP contribution in [0.5, 0.6) is 0 Å². The molecule has 5 nitrogen and oxygen atoms in total. The average Bonchev–Trinajstić information content (AvgIpc) is 2.31. The Bertz CT molecular complexity index is 717. The quantitative estimate of drug-likeness (QED) is 0.840. The summed E-state index contributed by atoms with van der Waals surface area (Å²) in [6.45, 7) is 1.80. The summed E-state index contributed by atoms with van der Waals surface area (Å²) in [5, 5.41) is 0. The SMILES string of the molecule is Cc1ccncc1NS(=O)(=O)c1ccc(Br)cc1N. The molecular weight excluding hydrogens is 330 g/mol. The van der Waals surface area contributed by atoms with Crippen molar-refractivity contribution in [3.63, 3.8) is 0 Å². The van der Waals surface area contributed by atoms with E-state index in [1.807, 2.05) is 0 Å². The van der Waals surface area contributed by atoms with Gasteiger partial charge in [-0.3, -0.25) is 9.71 Å². The van der Waals surface area contributed by atoms with Crippen molar-refractivity contribution in [2.75, 3.05) is 10.5 Å². The maximum absolute atomic E-state index is 12.3. The summed E-state index contributed by atoms with van der Waals surface area (Å²) < 4.78 is 27.7. The number of rotatable bonds is 3. The Labute approximate surface area is 120 Å². The van der Waals surface area contributed by atoms with Gasteiger partial charge in [0.1, 0.15) is 4.90 Å². The highest BCUT2D eigenvalue weighted by Crippen LogP contribution is 2.25. The molecule has 3 N–H and O–H groups in total. The number of nitrogens with one attached hydrogen (secondary N) is 1. The monoisotopic (exact) mass is 341 g/mol. The van der Waals surface area contributed by atoms with Crippen LogP contribution in [0.2, 0.25) is 0 Å². The molecule has 0 amide bonds. The lowest BCUT2D eigenvalue weighted by Gasteiger charge is -2.11. The summed E-state index contributed by atoms with van der Waals surface area (Å²) in [6, 6.07) is 6.35. The summed E-state index contributed by atoms with van der Waals surface area (Å²) in [5.74, 6) is 0. The molecule has 0 unspecified atom stereocenters. The first-order valence-corrected chi connectivity index (χ1v) is 7.66. The lowest BCUT2D eigenvalue weighted by Crippen LogP contribution is -2.15. The molecule has 0 saturated carbocycles. The molecule has 2 aromatic rings. The van der Waals surface area contributed by atoms with E-state index in [0.29, 0.717) is 5.69 Å². The van der Waals surface area contributed by atoms with Gasteiger partial charge in [0.2, 0.25) is 0 Å². The van der Waals surface area contributed by atoms with Gasteiger partial charge in [0.15, 0.2) is 0 Å².